The summed E-state index contributed by atoms with van der Waals surface area (Å²) in [4.78, 5) is 7.38. The molecule has 0 amide bonds. The molecule has 0 aliphatic carbocycles. The van der Waals surface area contributed by atoms with E-state index >= 15 is 0 Å². The number of para-hydroxylation sites is 4. The molecule has 0 spiro atoms. The second-order valence-corrected chi connectivity index (χ2v) is 14.5. The van der Waals surface area contributed by atoms with Crippen molar-refractivity contribution in [1.29, 1.82) is 0 Å². The van der Waals surface area contributed by atoms with Crippen LogP contribution in [0.5, 0.6) is 0 Å². The third kappa shape index (κ3) is 5.73. The zero-order valence-corrected chi connectivity index (χ0v) is 31.4. The summed E-state index contributed by atoms with van der Waals surface area (Å²) < 4.78 is 6.96. The molecule has 268 valence electrons. The highest BCUT2D eigenvalue weighted by atomic mass is 15.2. The molecular formula is C51H40N5+. The summed E-state index contributed by atoms with van der Waals surface area (Å²) in [6.07, 6.45) is 4.16. The molecule has 10 rings (SSSR count). The van der Waals surface area contributed by atoms with Gasteiger partial charge in [0.05, 0.1) is 22.8 Å². The topological polar surface area (TPSA) is 30.9 Å². The Morgan fingerprint density at radius 2 is 1.11 bits per heavy atom. The van der Waals surface area contributed by atoms with Gasteiger partial charge in [-0.05, 0) is 103 Å². The maximum atomic E-state index is 5.03. The lowest BCUT2D eigenvalue weighted by atomic mass is 9.95. The van der Waals surface area contributed by atoms with Gasteiger partial charge >= 0.3 is 0 Å². The quantitative estimate of drug-likeness (QED) is 0.146. The van der Waals surface area contributed by atoms with Crippen LogP contribution in [-0.4, -0.2) is 18.7 Å². The van der Waals surface area contributed by atoms with E-state index in [0.717, 1.165) is 45.2 Å². The van der Waals surface area contributed by atoms with E-state index in [-0.39, 0.29) is 0 Å². The highest BCUT2D eigenvalue weighted by Gasteiger charge is 2.22. The molecule has 3 aromatic heterocycles. The van der Waals surface area contributed by atoms with Gasteiger partial charge in [-0.15, -0.1) is 0 Å². The number of nitrogens with zero attached hydrogens (tertiary/aromatic N) is 5. The molecule has 5 nitrogen and oxygen atoms in total. The van der Waals surface area contributed by atoms with E-state index in [0.29, 0.717) is 6.04 Å². The van der Waals surface area contributed by atoms with Gasteiger partial charge in [0.1, 0.15) is 11.5 Å². The number of anilines is 3. The van der Waals surface area contributed by atoms with Gasteiger partial charge < -0.3 is 4.90 Å². The fourth-order valence-electron chi connectivity index (χ4n) is 8.22. The summed E-state index contributed by atoms with van der Waals surface area (Å²) in [5, 5.41) is 2.37. The van der Waals surface area contributed by atoms with E-state index in [4.69, 9.17) is 4.98 Å². The molecule has 0 bridgehead atoms. The number of benzene rings is 7. The Kier molecular flexibility index (Phi) is 8.26. The minimum absolute atomic E-state index is 0.331. The van der Waals surface area contributed by atoms with E-state index in [1.54, 1.807) is 0 Å². The van der Waals surface area contributed by atoms with Crippen LogP contribution in [0.3, 0.4) is 0 Å². The van der Waals surface area contributed by atoms with Crippen molar-refractivity contribution in [3.8, 4) is 33.8 Å². The summed E-state index contributed by atoms with van der Waals surface area (Å²) >= 11 is 0. The molecule has 5 heteroatoms. The molecule has 0 saturated heterocycles. The number of aromatic nitrogens is 4. The normalized spacial score (nSPS) is 11.6. The van der Waals surface area contributed by atoms with Gasteiger partial charge in [0.2, 0.25) is 0 Å². The van der Waals surface area contributed by atoms with Gasteiger partial charge in [0.15, 0.2) is 17.4 Å². The largest absolute Gasteiger partial charge is 0.309 e. The van der Waals surface area contributed by atoms with E-state index in [9.17, 15) is 0 Å². The molecule has 0 N–H and O–H groups in total. The van der Waals surface area contributed by atoms with Crippen molar-refractivity contribution in [1.82, 2.24) is 18.7 Å². The summed E-state index contributed by atoms with van der Waals surface area (Å²) in [7, 11) is 0. The van der Waals surface area contributed by atoms with Gasteiger partial charge in [-0.3, -0.25) is 4.57 Å². The highest BCUT2D eigenvalue weighted by Crippen LogP contribution is 2.41. The monoisotopic (exact) mass is 722 g/mol. The van der Waals surface area contributed by atoms with Crippen molar-refractivity contribution in [3.63, 3.8) is 0 Å². The predicted molar refractivity (Wildman–Crippen MR) is 234 cm³/mol. The predicted octanol–water partition coefficient (Wildman–Crippen LogP) is 13.6. The second-order valence-electron chi connectivity index (χ2n) is 14.5. The van der Waals surface area contributed by atoms with Gasteiger partial charge in [0, 0.05) is 52.6 Å². The Morgan fingerprint density at radius 3 is 1.89 bits per heavy atom. The first-order valence-corrected chi connectivity index (χ1v) is 19.2. The molecule has 10 aromatic rings. The highest BCUT2D eigenvalue weighted by molar-refractivity contribution is 6.10. The summed E-state index contributed by atoms with van der Waals surface area (Å²) in [6, 6.07) is 67.5. The van der Waals surface area contributed by atoms with Crippen molar-refractivity contribution < 1.29 is 0 Å². The first-order chi connectivity index (χ1) is 27.6. The second kappa shape index (κ2) is 13.9. The van der Waals surface area contributed by atoms with Crippen LogP contribution in [0.4, 0.5) is 17.1 Å². The van der Waals surface area contributed by atoms with Gasteiger partial charge in [-0.2, -0.15) is 4.57 Å². The lowest BCUT2D eigenvalue weighted by Crippen LogP contribution is -2.10. The van der Waals surface area contributed by atoms with Crippen LogP contribution in [0, 0.1) is 0 Å². The van der Waals surface area contributed by atoms with E-state index < -0.39 is 0 Å². The first-order valence-electron chi connectivity index (χ1n) is 19.2. The number of hydrogen-bond donors (Lipinski definition) is 0. The van der Waals surface area contributed by atoms with E-state index in [1.165, 1.54) is 38.5 Å². The van der Waals surface area contributed by atoms with Crippen molar-refractivity contribution in [2.45, 2.75) is 19.9 Å². The Hall–Kier alpha value is -7.24. The van der Waals surface area contributed by atoms with Gasteiger partial charge in [-0.1, -0.05) is 97.1 Å². The van der Waals surface area contributed by atoms with E-state index in [2.05, 4.69) is 227 Å². The van der Waals surface area contributed by atoms with Crippen molar-refractivity contribution >= 4 is 49.9 Å². The number of imidazole rings is 1. The van der Waals surface area contributed by atoms with Crippen LogP contribution in [0.1, 0.15) is 19.9 Å². The van der Waals surface area contributed by atoms with Crippen LogP contribution in [0.15, 0.2) is 201 Å². The Bertz CT molecular complexity index is 3010. The molecule has 0 aliphatic rings. The third-order valence-electron chi connectivity index (χ3n) is 10.8. The molecule has 0 radical (unpaired) electrons. The zero-order valence-electron chi connectivity index (χ0n) is 31.4. The van der Waals surface area contributed by atoms with E-state index in [1.807, 2.05) is 6.20 Å². The smallest absolute Gasteiger partial charge is 0.191 e. The molecule has 0 atom stereocenters. The minimum atomic E-state index is 0.331. The molecule has 7 aromatic carbocycles. The van der Waals surface area contributed by atoms with Crippen molar-refractivity contribution in [2.75, 3.05) is 4.90 Å². The number of fused-ring (bicyclic) bond motifs is 4. The van der Waals surface area contributed by atoms with Gasteiger partial charge in [0.25, 0.3) is 0 Å². The van der Waals surface area contributed by atoms with Crippen molar-refractivity contribution in [2.24, 2.45) is 0 Å². The summed E-state index contributed by atoms with van der Waals surface area (Å²) in [5.74, 6) is 0.875. The standard InChI is InChI=1S/C51H40N5/c1-36(2)53-35-54(49-27-14-13-26-48(49)53)40-20-15-21-41(33-40)55(39-18-7-4-8-19-39)42-28-29-46-45-24-11-12-25-47(45)56(50(46)34-42)51-32-38(30-31-52-51)44-23-10-9-22-43(44)37-16-5-3-6-17-37/h3-36H,1-2H3/q+1. The Morgan fingerprint density at radius 1 is 0.482 bits per heavy atom. The third-order valence-corrected chi connectivity index (χ3v) is 10.8. The molecule has 0 fully saturated rings. The number of rotatable bonds is 8. The molecular weight excluding hydrogens is 683 g/mol. The maximum Gasteiger partial charge on any atom is 0.191 e. The lowest BCUT2D eigenvalue weighted by Gasteiger charge is -2.25. The average Bonchev–Trinajstić information content (AvgIpc) is 3.81. The fourth-order valence-corrected chi connectivity index (χ4v) is 8.22. The van der Waals surface area contributed by atoms with Crippen LogP contribution < -0.4 is 4.90 Å². The summed E-state index contributed by atoms with van der Waals surface area (Å²) in [5.41, 5.74) is 13.6. The Labute approximate surface area is 326 Å². The SMILES string of the molecule is CC(C)n1[cH+]n(-c2cccc(N(c3ccccc3)c3ccc4c5ccccc5n(-c5cc(-c6ccccc6-c6ccccc6)ccn5)c4c3)c2)c2ccccc21. The maximum absolute atomic E-state index is 5.03. The minimum Gasteiger partial charge on any atom is -0.309 e. The van der Waals surface area contributed by atoms with Crippen LogP contribution in [0.2, 0.25) is 0 Å². The summed E-state index contributed by atoms with van der Waals surface area (Å²) in [6.45, 7) is 4.46. The molecule has 0 saturated carbocycles. The van der Waals surface area contributed by atoms with Crippen molar-refractivity contribution in [3.05, 3.63) is 201 Å². The van der Waals surface area contributed by atoms with Crippen LogP contribution >= 0.6 is 0 Å². The first kappa shape index (κ1) is 33.3. The number of pyridine rings is 1. The molecule has 0 unspecified atom stereocenters. The molecule has 56 heavy (non-hydrogen) atoms. The number of hydrogen-bond acceptors (Lipinski definition) is 2. The van der Waals surface area contributed by atoms with Crippen LogP contribution in [-0.2, 0) is 0 Å². The average molecular weight is 723 g/mol. The lowest BCUT2D eigenvalue weighted by molar-refractivity contribution is 0.612. The Balaban J connectivity index is 1.15. The molecule has 3 heterocycles. The zero-order chi connectivity index (χ0) is 37.6. The van der Waals surface area contributed by atoms with Gasteiger partial charge in [-0.25, -0.2) is 9.55 Å². The van der Waals surface area contributed by atoms with Crippen LogP contribution in [0.25, 0.3) is 66.6 Å². The fraction of sp³-hybridized carbons (Fsp3) is 0.0588. The molecule has 0 aliphatic heterocycles.